The number of nitrogen functional groups attached to an aromatic ring is 1. The van der Waals surface area contributed by atoms with Crippen LogP contribution in [-0.2, 0) is 0 Å². The van der Waals surface area contributed by atoms with Crippen LogP contribution in [0.25, 0.3) is 0 Å². The molecule has 0 saturated heterocycles. The molecular weight excluding hydrogens is 192 g/mol. The van der Waals surface area contributed by atoms with E-state index in [0.717, 1.165) is 0 Å². The van der Waals surface area contributed by atoms with Crippen LogP contribution in [0.15, 0.2) is 12.4 Å². The summed E-state index contributed by atoms with van der Waals surface area (Å²) < 4.78 is 0. The molecule has 0 radical (unpaired) electrons. The molecule has 1 heterocycles. The number of nitrogens with zero attached hydrogens (tertiary/aromatic N) is 4. The maximum Gasteiger partial charge on any atom is 0.160 e. The SMILES string of the molecule is CC(C#N)CN(C)c1cncc(NN)n1. The van der Waals surface area contributed by atoms with Gasteiger partial charge in [0.1, 0.15) is 5.82 Å². The summed E-state index contributed by atoms with van der Waals surface area (Å²) in [4.78, 5) is 10.0. The summed E-state index contributed by atoms with van der Waals surface area (Å²) in [7, 11) is 1.86. The van der Waals surface area contributed by atoms with Crippen molar-refractivity contribution in [3.8, 4) is 6.07 Å². The van der Waals surface area contributed by atoms with E-state index < -0.39 is 0 Å². The zero-order valence-electron chi connectivity index (χ0n) is 8.81. The number of nitrogens with one attached hydrogen (secondary N) is 1. The number of hydrogen-bond donors (Lipinski definition) is 2. The monoisotopic (exact) mass is 206 g/mol. The van der Waals surface area contributed by atoms with Crippen LogP contribution >= 0.6 is 0 Å². The van der Waals surface area contributed by atoms with Crippen molar-refractivity contribution >= 4 is 11.6 Å². The lowest BCUT2D eigenvalue weighted by molar-refractivity contribution is 0.709. The van der Waals surface area contributed by atoms with Crippen LogP contribution < -0.4 is 16.2 Å². The number of hydrogen-bond acceptors (Lipinski definition) is 6. The van der Waals surface area contributed by atoms with Crippen molar-refractivity contribution in [2.45, 2.75) is 6.92 Å². The number of aromatic nitrogens is 2. The Hall–Kier alpha value is -1.87. The molecule has 1 rings (SSSR count). The molecule has 0 saturated carbocycles. The highest BCUT2D eigenvalue weighted by molar-refractivity contribution is 5.42. The normalized spacial score (nSPS) is 11.6. The molecule has 0 fully saturated rings. The van der Waals surface area contributed by atoms with Gasteiger partial charge in [-0.3, -0.25) is 4.98 Å². The highest BCUT2D eigenvalue weighted by atomic mass is 15.3. The maximum atomic E-state index is 8.69. The van der Waals surface area contributed by atoms with Crippen LogP contribution in [0.1, 0.15) is 6.92 Å². The van der Waals surface area contributed by atoms with Crippen LogP contribution in [0, 0.1) is 17.2 Å². The van der Waals surface area contributed by atoms with E-state index in [1.165, 1.54) is 6.20 Å². The Labute approximate surface area is 88.7 Å². The van der Waals surface area contributed by atoms with Crippen molar-refractivity contribution in [3.63, 3.8) is 0 Å². The zero-order chi connectivity index (χ0) is 11.3. The van der Waals surface area contributed by atoms with Gasteiger partial charge in [-0.05, 0) is 6.92 Å². The van der Waals surface area contributed by atoms with Gasteiger partial charge in [-0.15, -0.1) is 0 Å². The summed E-state index contributed by atoms with van der Waals surface area (Å²) in [5.41, 5.74) is 2.42. The van der Waals surface area contributed by atoms with Crippen molar-refractivity contribution < 1.29 is 0 Å². The Morgan fingerprint density at radius 2 is 2.40 bits per heavy atom. The lowest BCUT2D eigenvalue weighted by atomic mass is 10.2. The summed E-state index contributed by atoms with van der Waals surface area (Å²) in [6, 6.07) is 2.16. The van der Waals surface area contributed by atoms with Crippen LogP contribution in [0.2, 0.25) is 0 Å². The largest absolute Gasteiger partial charge is 0.357 e. The lowest BCUT2D eigenvalue weighted by Crippen LogP contribution is -2.24. The standard InChI is InChI=1S/C9H14N6/c1-7(3-10)6-15(2)9-5-12-4-8(13-9)14-11/h4-5,7H,6,11H2,1-2H3,(H,13,14). The van der Waals surface area contributed by atoms with E-state index >= 15 is 0 Å². The average Bonchev–Trinajstić information content (AvgIpc) is 2.28. The second kappa shape index (κ2) is 5.12. The van der Waals surface area contributed by atoms with Gasteiger partial charge in [-0.1, -0.05) is 0 Å². The van der Waals surface area contributed by atoms with Crippen molar-refractivity contribution in [1.82, 2.24) is 9.97 Å². The molecule has 1 aromatic heterocycles. The minimum Gasteiger partial charge on any atom is -0.357 e. The van der Waals surface area contributed by atoms with Crippen molar-refractivity contribution in [1.29, 1.82) is 5.26 Å². The second-order valence-electron chi connectivity index (χ2n) is 3.32. The molecule has 0 aromatic carbocycles. The molecule has 0 aliphatic heterocycles. The van der Waals surface area contributed by atoms with E-state index in [2.05, 4.69) is 21.5 Å². The fraction of sp³-hybridized carbons (Fsp3) is 0.444. The molecule has 1 unspecified atom stereocenters. The highest BCUT2D eigenvalue weighted by Crippen LogP contribution is 2.11. The minimum absolute atomic E-state index is 0.0497. The molecule has 80 valence electrons. The Kier molecular flexibility index (Phi) is 3.83. The Balaban J connectivity index is 2.73. The smallest absolute Gasteiger partial charge is 0.160 e. The van der Waals surface area contributed by atoms with Crippen LogP contribution in [0.3, 0.4) is 0 Å². The fourth-order valence-electron chi connectivity index (χ4n) is 1.15. The Bertz CT molecular complexity index is 358. The van der Waals surface area contributed by atoms with Gasteiger partial charge in [-0.25, -0.2) is 10.8 Å². The molecule has 0 amide bonds. The Morgan fingerprint density at radius 3 is 3.00 bits per heavy atom. The topological polar surface area (TPSA) is 90.9 Å². The van der Waals surface area contributed by atoms with E-state index in [0.29, 0.717) is 18.2 Å². The van der Waals surface area contributed by atoms with Gasteiger partial charge in [0.2, 0.25) is 0 Å². The maximum absolute atomic E-state index is 8.69. The predicted molar refractivity (Wildman–Crippen MR) is 57.9 cm³/mol. The summed E-state index contributed by atoms with van der Waals surface area (Å²) in [5.74, 6) is 6.36. The first kappa shape index (κ1) is 11.2. The minimum atomic E-state index is -0.0497. The highest BCUT2D eigenvalue weighted by Gasteiger charge is 2.08. The van der Waals surface area contributed by atoms with Gasteiger partial charge < -0.3 is 10.3 Å². The van der Waals surface area contributed by atoms with E-state index in [-0.39, 0.29) is 5.92 Å². The third-order valence-corrected chi connectivity index (χ3v) is 1.93. The first-order chi connectivity index (χ1) is 7.17. The number of anilines is 2. The average molecular weight is 206 g/mol. The van der Waals surface area contributed by atoms with Gasteiger partial charge in [0.15, 0.2) is 5.82 Å². The molecule has 6 nitrogen and oxygen atoms in total. The third kappa shape index (κ3) is 3.07. The van der Waals surface area contributed by atoms with Gasteiger partial charge in [0.25, 0.3) is 0 Å². The fourth-order valence-corrected chi connectivity index (χ4v) is 1.15. The van der Waals surface area contributed by atoms with Gasteiger partial charge in [0.05, 0.1) is 24.4 Å². The molecule has 1 atom stereocenters. The Morgan fingerprint density at radius 1 is 1.67 bits per heavy atom. The van der Waals surface area contributed by atoms with Crippen molar-refractivity contribution in [2.24, 2.45) is 11.8 Å². The van der Waals surface area contributed by atoms with Crippen LogP contribution in [0.5, 0.6) is 0 Å². The first-order valence-corrected chi connectivity index (χ1v) is 4.56. The van der Waals surface area contributed by atoms with Crippen molar-refractivity contribution in [2.75, 3.05) is 23.9 Å². The predicted octanol–water partition coefficient (Wildman–Crippen LogP) is 0.358. The molecular formula is C9H14N6. The third-order valence-electron chi connectivity index (χ3n) is 1.93. The van der Waals surface area contributed by atoms with E-state index in [9.17, 15) is 0 Å². The summed E-state index contributed by atoms with van der Waals surface area (Å²) in [5, 5.41) is 8.69. The number of nitrogens with two attached hydrogens (primary N) is 1. The molecule has 0 spiro atoms. The van der Waals surface area contributed by atoms with Crippen molar-refractivity contribution in [3.05, 3.63) is 12.4 Å². The molecule has 0 aliphatic carbocycles. The molecule has 3 N–H and O–H groups in total. The second-order valence-corrected chi connectivity index (χ2v) is 3.32. The van der Waals surface area contributed by atoms with Gasteiger partial charge >= 0.3 is 0 Å². The number of nitriles is 1. The molecule has 15 heavy (non-hydrogen) atoms. The van der Waals surface area contributed by atoms with Gasteiger partial charge in [-0.2, -0.15) is 5.26 Å². The molecule has 1 aromatic rings. The molecule has 0 bridgehead atoms. The van der Waals surface area contributed by atoms with E-state index in [4.69, 9.17) is 11.1 Å². The number of hydrazine groups is 1. The van der Waals surface area contributed by atoms with Crippen LogP contribution in [0.4, 0.5) is 11.6 Å². The quantitative estimate of drug-likeness (QED) is 0.546. The summed E-state index contributed by atoms with van der Waals surface area (Å²) >= 11 is 0. The summed E-state index contributed by atoms with van der Waals surface area (Å²) in [6.45, 7) is 2.47. The van der Waals surface area contributed by atoms with Crippen LogP contribution in [-0.4, -0.2) is 23.6 Å². The van der Waals surface area contributed by atoms with E-state index in [1.54, 1.807) is 6.20 Å². The summed E-state index contributed by atoms with van der Waals surface area (Å²) in [6.07, 6.45) is 3.16. The molecule has 0 aliphatic rings. The van der Waals surface area contributed by atoms with E-state index in [1.807, 2.05) is 18.9 Å². The first-order valence-electron chi connectivity index (χ1n) is 4.56. The number of rotatable bonds is 4. The zero-order valence-corrected chi connectivity index (χ0v) is 8.81. The van der Waals surface area contributed by atoms with Gasteiger partial charge in [0, 0.05) is 13.6 Å². The lowest BCUT2D eigenvalue weighted by Gasteiger charge is -2.19. The molecule has 6 heteroatoms.